The molecule has 1 N–H and O–H groups in total. The van der Waals surface area contributed by atoms with Crippen molar-refractivity contribution in [3.63, 3.8) is 0 Å². The van der Waals surface area contributed by atoms with Gasteiger partial charge < -0.3 is 19.8 Å². The Hall–Kier alpha value is -2.45. The molecule has 2 aromatic heterocycles. The number of nitrogens with zero attached hydrogens (tertiary/aromatic N) is 4. The topological polar surface area (TPSA) is 81.5 Å². The Bertz CT molecular complexity index is 927. The lowest BCUT2D eigenvalue weighted by atomic mass is 10.1. The molecule has 1 saturated carbocycles. The van der Waals surface area contributed by atoms with E-state index in [1.807, 2.05) is 6.20 Å². The molecule has 0 aromatic carbocycles. The fraction of sp³-hybridized carbons (Fsp3) is 0.654. The lowest BCUT2D eigenvalue weighted by Crippen LogP contribution is -2.34. The third-order valence-electron chi connectivity index (χ3n) is 6.71. The van der Waals surface area contributed by atoms with Crippen molar-refractivity contribution >= 4 is 11.8 Å². The van der Waals surface area contributed by atoms with Crippen molar-refractivity contribution in [2.45, 2.75) is 76.7 Å². The van der Waals surface area contributed by atoms with Crippen molar-refractivity contribution in [3.05, 3.63) is 41.3 Å². The Morgan fingerprint density at radius 2 is 2.12 bits per heavy atom. The summed E-state index contributed by atoms with van der Waals surface area (Å²) in [6, 6.07) is 4.40. The normalized spacial score (nSPS) is 16.2. The van der Waals surface area contributed by atoms with Crippen LogP contribution in [0.5, 0.6) is 0 Å². The number of anilines is 1. The standard InChI is InChI=1S/C26H39N5O3/c1-20(33-2)18-30(15-4-3-8-24-13-12-22-7-5-14-27-26(22)29-24)16-6-9-25(32)34-31-19-23(17-28-31)21-10-11-21/h12-13,17,19-21H,3-11,14-16,18H2,1-2H3,(H,27,29)/t20-/m1/s1. The highest BCUT2D eigenvalue weighted by molar-refractivity contribution is 5.69. The first-order valence-corrected chi connectivity index (χ1v) is 12.8. The molecule has 186 valence electrons. The fourth-order valence-electron chi connectivity index (χ4n) is 4.47. The number of carbonyl (C=O) groups is 1. The lowest BCUT2D eigenvalue weighted by molar-refractivity contribution is -0.146. The van der Waals surface area contributed by atoms with Gasteiger partial charge in [0.1, 0.15) is 5.82 Å². The summed E-state index contributed by atoms with van der Waals surface area (Å²) in [6.45, 7) is 5.79. The van der Waals surface area contributed by atoms with Gasteiger partial charge in [0.15, 0.2) is 0 Å². The van der Waals surface area contributed by atoms with Gasteiger partial charge in [0.2, 0.25) is 0 Å². The van der Waals surface area contributed by atoms with Crippen LogP contribution in [-0.2, 0) is 22.4 Å². The van der Waals surface area contributed by atoms with Gasteiger partial charge in [-0.2, -0.15) is 0 Å². The second kappa shape index (κ2) is 12.3. The van der Waals surface area contributed by atoms with E-state index in [4.69, 9.17) is 14.6 Å². The Labute approximate surface area is 203 Å². The molecule has 1 aliphatic heterocycles. The second-order valence-corrected chi connectivity index (χ2v) is 9.66. The smallest absolute Gasteiger partial charge is 0.335 e. The third-order valence-corrected chi connectivity index (χ3v) is 6.71. The summed E-state index contributed by atoms with van der Waals surface area (Å²) in [7, 11) is 1.75. The zero-order valence-corrected chi connectivity index (χ0v) is 20.7. The van der Waals surface area contributed by atoms with Crippen LogP contribution >= 0.6 is 0 Å². The maximum absolute atomic E-state index is 12.2. The summed E-state index contributed by atoms with van der Waals surface area (Å²) >= 11 is 0. The molecule has 8 heteroatoms. The molecule has 8 nitrogen and oxygen atoms in total. The van der Waals surface area contributed by atoms with Gasteiger partial charge in [-0.3, -0.25) is 0 Å². The zero-order chi connectivity index (χ0) is 23.8. The molecule has 0 amide bonds. The zero-order valence-electron chi connectivity index (χ0n) is 20.7. The summed E-state index contributed by atoms with van der Waals surface area (Å²) < 4.78 is 5.48. The van der Waals surface area contributed by atoms with Crippen LogP contribution in [-0.4, -0.2) is 65.2 Å². The van der Waals surface area contributed by atoms with Gasteiger partial charge in [-0.15, -0.1) is 5.10 Å². The van der Waals surface area contributed by atoms with Gasteiger partial charge in [0.25, 0.3) is 0 Å². The summed E-state index contributed by atoms with van der Waals surface area (Å²) in [5.41, 5.74) is 3.66. The van der Waals surface area contributed by atoms with E-state index in [9.17, 15) is 4.79 Å². The van der Waals surface area contributed by atoms with E-state index >= 15 is 0 Å². The van der Waals surface area contributed by atoms with Gasteiger partial charge in [-0.05, 0) is 94.5 Å². The number of hydrogen-bond acceptors (Lipinski definition) is 7. The highest BCUT2D eigenvalue weighted by Gasteiger charge is 2.25. The number of methoxy groups -OCH3 is 1. The van der Waals surface area contributed by atoms with Crippen LogP contribution in [0.1, 0.15) is 74.6 Å². The number of ether oxygens (including phenoxy) is 1. The molecule has 0 radical (unpaired) electrons. The summed E-state index contributed by atoms with van der Waals surface area (Å²) in [5.74, 6) is 1.44. The highest BCUT2D eigenvalue weighted by Crippen LogP contribution is 2.39. The first kappa shape index (κ1) is 24.7. The van der Waals surface area contributed by atoms with Crippen LogP contribution in [0.25, 0.3) is 0 Å². The van der Waals surface area contributed by atoms with Crippen LogP contribution in [0.15, 0.2) is 24.5 Å². The third kappa shape index (κ3) is 7.53. The van der Waals surface area contributed by atoms with E-state index in [2.05, 4.69) is 34.4 Å². The first-order valence-electron chi connectivity index (χ1n) is 12.8. The number of pyridine rings is 1. The number of aromatic nitrogens is 3. The molecule has 1 aliphatic carbocycles. The fourth-order valence-corrected chi connectivity index (χ4v) is 4.47. The minimum absolute atomic E-state index is 0.158. The van der Waals surface area contributed by atoms with Crippen molar-refractivity contribution in [2.75, 3.05) is 38.6 Å². The number of hydrogen-bond donors (Lipinski definition) is 1. The summed E-state index contributed by atoms with van der Waals surface area (Å²) in [6.07, 6.45) is 12.8. The molecule has 0 spiro atoms. The monoisotopic (exact) mass is 469 g/mol. The van der Waals surface area contributed by atoms with E-state index in [1.165, 1.54) is 29.7 Å². The summed E-state index contributed by atoms with van der Waals surface area (Å²) in [4.78, 5) is 26.1. The SMILES string of the molecule is CO[C@H](C)CN(CCCCc1ccc2c(n1)NCCC2)CCCC(=O)On1cc(C2CC2)cn1. The molecular formula is C26H39N5O3. The molecule has 1 fully saturated rings. The van der Waals surface area contributed by atoms with Crippen LogP contribution in [0.4, 0.5) is 5.82 Å². The van der Waals surface area contributed by atoms with E-state index in [0.29, 0.717) is 12.3 Å². The molecular weight excluding hydrogens is 430 g/mol. The number of rotatable bonds is 14. The molecule has 0 saturated heterocycles. The van der Waals surface area contributed by atoms with Crippen LogP contribution in [0.2, 0.25) is 0 Å². The maximum Gasteiger partial charge on any atom is 0.335 e. The molecule has 4 rings (SSSR count). The van der Waals surface area contributed by atoms with E-state index in [0.717, 1.165) is 75.4 Å². The van der Waals surface area contributed by atoms with Crippen molar-refractivity contribution in [3.8, 4) is 0 Å². The quantitative estimate of drug-likeness (QED) is 0.423. The predicted molar refractivity (Wildman–Crippen MR) is 132 cm³/mol. The number of carbonyl (C=O) groups excluding carboxylic acids is 1. The van der Waals surface area contributed by atoms with Gasteiger partial charge in [0.05, 0.1) is 18.5 Å². The lowest BCUT2D eigenvalue weighted by Gasteiger charge is -2.25. The van der Waals surface area contributed by atoms with Gasteiger partial charge in [0, 0.05) is 32.3 Å². The highest BCUT2D eigenvalue weighted by atomic mass is 16.7. The summed E-state index contributed by atoms with van der Waals surface area (Å²) in [5, 5.41) is 7.57. The van der Waals surface area contributed by atoms with Crippen LogP contribution < -0.4 is 10.2 Å². The Morgan fingerprint density at radius 1 is 1.26 bits per heavy atom. The number of fused-ring (bicyclic) bond motifs is 1. The van der Waals surface area contributed by atoms with Crippen LogP contribution in [0, 0.1) is 0 Å². The number of unbranched alkanes of at least 4 members (excludes halogenated alkanes) is 1. The molecule has 1 atom stereocenters. The minimum atomic E-state index is -0.239. The largest absolute Gasteiger partial charge is 0.380 e. The Morgan fingerprint density at radius 3 is 2.94 bits per heavy atom. The Kier molecular flexibility index (Phi) is 8.93. The van der Waals surface area contributed by atoms with Crippen LogP contribution in [0.3, 0.4) is 0 Å². The van der Waals surface area contributed by atoms with Gasteiger partial charge >= 0.3 is 5.97 Å². The van der Waals surface area contributed by atoms with Gasteiger partial charge in [-0.25, -0.2) is 9.78 Å². The van der Waals surface area contributed by atoms with Crippen molar-refractivity contribution in [1.82, 2.24) is 19.8 Å². The Balaban J connectivity index is 1.16. The molecule has 2 aliphatic rings. The van der Waals surface area contributed by atoms with Crippen molar-refractivity contribution in [2.24, 2.45) is 0 Å². The molecule has 2 aromatic rings. The average Bonchev–Trinajstić information content (AvgIpc) is 3.60. The number of nitrogens with one attached hydrogen (secondary N) is 1. The minimum Gasteiger partial charge on any atom is -0.380 e. The second-order valence-electron chi connectivity index (χ2n) is 9.66. The van der Waals surface area contributed by atoms with E-state index in [1.54, 1.807) is 13.3 Å². The first-order chi connectivity index (χ1) is 16.6. The van der Waals surface area contributed by atoms with Crippen molar-refractivity contribution < 1.29 is 14.4 Å². The van der Waals surface area contributed by atoms with E-state index < -0.39 is 0 Å². The van der Waals surface area contributed by atoms with Gasteiger partial charge in [-0.1, -0.05) is 10.9 Å². The average molecular weight is 470 g/mol. The van der Waals surface area contributed by atoms with E-state index in [-0.39, 0.29) is 12.1 Å². The molecule has 34 heavy (non-hydrogen) atoms. The molecule has 0 bridgehead atoms. The molecule has 3 heterocycles. The maximum atomic E-state index is 12.2. The van der Waals surface area contributed by atoms with Crippen molar-refractivity contribution in [1.29, 1.82) is 0 Å². The predicted octanol–water partition coefficient (Wildman–Crippen LogP) is 3.61. The number of aryl methyl sites for hydroxylation is 2. The molecule has 0 unspecified atom stereocenters.